The summed E-state index contributed by atoms with van der Waals surface area (Å²) in [6, 6.07) is 1.16. The number of phenolic OH excluding ortho intramolecular Hbond substituents is 2. The van der Waals surface area contributed by atoms with Gasteiger partial charge in [-0.25, -0.2) is 4.79 Å². The molecule has 0 bridgehead atoms. The Kier molecular flexibility index (Phi) is 5.70. The van der Waals surface area contributed by atoms with E-state index in [2.05, 4.69) is 0 Å². The Morgan fingerprint density at radius 2 is 1.77 bits per heavy atom. The normalized spacial score (nSPS) is 13.1. The van der Waals surface area contributed by atoms with Gasteiger partial charge in [0.25, 0.3) is 0 Å². The van der Waals surface area contributed by atoms with Gasteiger partial charge in [-0.05, 0) is 24.1 Å². The third kappa shape index (κ3) is 4.94. The number of nitrogens with one attached hydrogen (secondary N) is 1. The lowest BCUT2D eigenvalue weighted by Gasteiger charge is -2.16. The fraction of sp³-hybridized carbons (Fsp3) is 0.308. The van der Waals surface area contributed by atoms with Crippen LogP contribution in [0.2, 0.25) is 0 Å². The van der Waals surface area contributed by atoms with Gasteiger partial charge in [-0.3, -0.25) is 9.59 Å². The lowest BCUT2D eigenvalue weighted by Crippen LogP contribution is -2.49. The van der Waals surface area contributed by atoms with Gasteiger partial charge in [0.05, 0.1) is 12.5 Å². The highest BCUT2D eigenvalue weighted by molar-refractivity contribution is 5.89. The number of carbonyl (C=O) groups is 3. The lowest BCUT2D eigenvalue weighted by atomic mass is 10.0. The largest absolute Gasteiger partial charge is 0.504 e. The third-order valence-corrected chi connectivity index (χ3v) is 2.83. The number of carboxylic acids is 2. The Morgan fingerprint density at radius 1 is 1.14 bits per heavy atom. The molecule has 9 nitrogen and oxygen atoms in total. The molecule has 120 valence electrons. The monoisotopic (exact) mass is 312 g/mol. The summed E-state index contributed by atoms with van der Waals surface area (Å²) in [5, 5.41) is 38.0. The summed E-state index contributed by atoms with van der Waals surface area (Å²) in [5.74, 6) is -4.38. The van der Waals surface area contributed by atoms with Gasteiger partial charge in [0, 0.05) is 0 Å². The summed E-state index contributed by atoms with van der Waals surface area (Å²) in [6.45, 7) is 0. The molecule has 1 aromatic rings. The fourth-order valence-electron chi connectivity index (χ4n) is 1.70. The summed E-state index contributed by atoms with van der Waals surface area (Å²) in [4.78, 5) is 33.2. The van der Waals surface area contributed by atoms with Crippen molar-refractivity contribution >= 4 is 17.8 Å². The van der Waals surface area contributed by atoms with Gasteiger partial charge in [-0.2, -0.15) is 0 Å². The number of aliphatic carboxylic acids is 2. The van der Waals surface area contributed by atoms with Crippen LogP contribution in [0.4, 0.5) is 0 Å². The molecule has 9 heteroatoms. The van der Waals surface area contributed by atoms with E-state index in [9.17, 15) is 19.5 Å². The predicted octanol–water partition coefficient (Wildman–Crippen LogP) is -0.988. The highest BCUT2D eigenvalue weighted by atomic mass is 16.4. The van der Waals surface area contributed by atoms with Gasteiger partial charge < -0.3 is 31.5 Å². The first kappa shape index (κ1) is 17.2. The summed E-state index contributed by atoms with van der Waals surface area (Å²) < 4.78 is 0. The summed E-state index contributed by atoms with van der Waals surface area (Å²) in [5.41, 5.74) is 6.07. The number of carboxylic acid groups (broad SMARTS) is 2. The predicted molar refractivity (Wildman–Crippen MR) is 73.3 cm³/mol. The van der Waals surface area contributed by atoms with Crippen LogP contribution >= 0.6 is 0 Å². The van der Waals surface area contributed by atoms with Crippen molar-refractivity contribution < 1.29 is 34.8 Å². The van der Waals surface area contributed by atoms with Crippen molar-refractivity contribution in [1.82, 2.24) is 5.32 Å². The Bertz CT molecular complexity index is 588. The standard InChI is InChI=1S/C13H16N2O7/c14-7(3-6-1-2-9(16)10(17)4-6)12(20)15-8(13(21)22)5-11(18)19/h1-2,4,7-8,16-17H,3,5,14H2,(H,15,20)(H,18,19)(H,21,22)/t7-,8-/m0/s1. The van der Waals surface area contributed by atoms with Gasteiger partial charge >= 0.3 is 11.9 Å². The maximum Gasteiger partial charge on any atom is 0.326 e. The van der Waals surface area contributed by atoms with Crippen molar-refractivity contribution in [3.8, 4) is 11.5 Å². The molecule has 0 aliphatic heterocycles. The topological polar surface area (TPSA) is 170 Å². The van der Waals surface area contributed by atoms with E-state index in [0.29, 0.717) is 5.56 Å². The zero-order valence-corrected chi connectivity index (χ0v) is 11.4. The number of nitrogens with two attached hydrogens (primary N) is 1. The molecule has 7 N–H and O–H groups in total. The molecular formula is C13H16N2O7. The SMILES string of the molecule is N[C@@H](Cc1ccc(O)c(O)c1)C(=O)N[C@@H](CC(=O)O)C(=O)O. The second kappa shape index (κ2) is 7.27. The lowest BCUT2D eigenvalue weighted by molar-refractivity contribution is -0.147. The Labute approximate surface area is 125 Å². The maximum atomic E-state index is 11.8. The van der Waals surface area contributed by atoms with Gasteiger partial charge in [0.15, 0.2) is 11.5 Å². The van der Waals surface area contributed by atoms with E-state index in [1.54, 1.807) is 0 Å². The van der Waals surface area contributed by atoms with E-state index in [1.165, 1.54) is 18.2 Å². The third-order valence-electron chi connectivity index (χ3n) is 2.83. The zero-order valence-electron chi connectivity index (χ0n) is 11.4. The molecule has 0 radical (unpaired) electrons. The minimum atomic E-state index is -1.58. The first-order valence-corrected chi connectivity index (χ1v) is 6.22. The van der Waals surface area contributed by atoms with Crippen LogP contribution in [0.15, 0.2) is 18.2 Å². The van der Waals surface area contributed by atoms with Crippen molar-refractivity contribution in [3.63, 3.8) is 0 Å². The zero-order chi connectivity index (χ0) is 16.9. The smallest absolute Gasteiger partial charge is 0.326 e. The number of rotatable bonds is 7. The van der Waals surface area contributed by atoms with Crippen molar-refractivity contribution in [2.24, 2.45) is 5.73 Å². The molecule has 0 spiro atoms. The van der Waals surface area contributed by atoms with Crippen LogP contribution < -0.4 is 11.1 Å². The van der Waals surface area contributed by atoms with E-state index < -0.39 is 36.4 Å². The molecule has 0 saturated heterocycles. The van der Waals surface area contributed by atoms with E-state index in [4.69, 9.17) is 21.1 Å². The van der Waals surface area contributed by atoms with E-state index in [0.717, 1.165) is 0 Å². The van der Waals surface area contributed by atoms with Crippen molar-refractivity contribution in [3.05, 3.63) is 23.8 Å². The van der Waals surface area contributed by atoms with Gasteiger partial charge in [0.1, 0.15) is 6.04 Å². The van der Waals surface area contributed by atoms with Crippen LogP contribution in [-0.2, 0) is 20.8 Å². The molecular weight excluding hydrogens is 296 g/mol. The average molecular weight is 312 g/mol. The first-order valence-electron chi connectivity index (χ1n) is 6.22. The number of carbonyl (C=O) groups excluding carboxylic acids is 1. The molecule has 0 heterocycles. The number of hydrogen-bond donors (Lipinski definition) is 6. The molecule has 0 fully saturated rings. The van der Waals surface area contributed by atoms with Gasteiger partial charge in [-0.15, -0.1) is 0 Å². The van der Waals surface area contributed by atoms with Crippen LogP contribution in [0, 0.1) is 0 Å². The number of phenols is 2. The van der Waals surface area contributed by atoms with E-state index in [-0.39, 0.29) is 17.9 Å². The minimum absolute atomic E-state index is 0.0287. The fourth-order valence-corrected chi connectivity index (χ4v) is 1.70. The molecule has 0 unspecified atom stereocenters. The highest BCUT2D eigenvalue weighted by Crippen LogP contribution is 2.25. The summed E-state index contributed by atoms with van der Waals surface area (Å²) in [6.07, 6.45) is -0.799. The number of hydrogen-bond acceptors (Lipinski definition) is 6. The molecule has 0 saturated carbocycles. The van der Waals surface area contributed by atoms with Crippen molar-refractivity contribution in [2.75, 3.05) is 0 Å². The molecule has 0 aliphatic carbocycles. The van der Waals surface area contributed by atoms with Crippen LogP contribution in [0.3, 0.4) is 0 Å². The van der Waals surface area contributed by atoms with Crippen LogP contribution in [0.25, 0.3) is 0 Å². The Hall–Kier alpha value is -2.81. The number of benzene rings is 1. The second-order valence-electron chi connectivity index (χ2n) is 4.63. The minimum Gasteiger partial charge on any atom is -0.504 e. The number of aromatic hydroxyl groups is 2. The molecule has 22 heavy (non-hydrogen) atoms. The summed E-state index contributed by atoms with van der Waals surface area (Å²) in [7, 11) is 0. The van der Waals surface area contributed by atoms with Crippen LogP contribution in [-0.4, -0.2) is 50.4 Å². The van der Waals surface area contributed by atoms with Gasteiger partial charge in [0.2, 0.25) is 5.91 Å². The molecule has 0 aliphatic rings. The molecule has 2 atom stereocenters. The van der Waals surface area contributed by atoms with Crippen LogP contribution in [0.1, 0.15) is 12.0 Å². The van der Waals surface area contributed by atoms with Crippen molar-refractivity contribution in [2.45, 2.75) is 24.9 Å². The Morgan fingerprint density at radius 3 is 2.27 bits per heavy atom. The number of amides is 1. The van der Waals surface area contributed by atoms with Crippen LogP contribution in [0.5, 0.6) is 11.5 Å². The van der Waals surface area contributed by atoms with Gasteiger partial charge in [-0.1, -0.05) is 6.07 Å². The highest BCUT2D eigenvalue weighted by Gasteiger charge is 2.25. The maximum absolute atomic E-state index is 11.8. The first-order chi connectivity index (χ1) is 10.2. The molecule has 1 aromatic carbocycles. The Balaban J connectivity index is 2.69. The summed E-state index contributed by atoms with van der Waals surface area (Å²) >= 11 is 0. The average Bonchev–Trinajstić information content (AvgIpc) is 2.41. The van der Waals surface area contributed by atoms with E-state index >= 15 is 0 Å². The van der Waals surface area contributed by atoms with E-state index in [1.807, 2.05) is 5.32 Å². The quantitative estimate of drug-likeness (QED) is 0.348. The second-order valence-corrected chi connectivity index (χ2v) is 4.63. The van der Waals surface area contributed by atoms with Crippen molar-refractivity contribution in [1.29, 1.82) is 0 Å². The molecule has 1 amide bonds. The molecule has 1 rings (SSSR count). The molecule has 0 aromatic heterocycles.